The van der Waals surface area contributed by atoms with Gasteiger partial charge in [0.2, 0.25) is 0 Å². The van der Waals surface area contributed by atoms with Crippen molar-refractivity contribution >= 4 is 28.0 Å². The molecule has 0 spiro atoms. The van der Waals surface area contributed by atoms with Crippen LogP contribution in [0.5, 0.6) is 17.5 Å². The maximum atomic E-state index is 12.3. The first-order valence-corrected chi connectivity index (χ1v) is 11.5. The summed E-state index contributed by atoms with van der Waals surface area (Å²) in [4.78, 5) is 30.1. The molecule has 0 amide bonds. The van der Waals surface area contributed by atoms with E-state index < -0.39 is 0 Å². The Morgan fingerprint density at radius 1 is 1.03 bits per heavy atom. The Morgan fingerprint density at radius 2 is 1.80 bits per heavy atom. The molecule has 9 nitrogen and oxygen atoms in total. The van der Waals surface area contributed by atoms with Crippen LogP contribution in [0.15, 0.2) is 65.7 Å². The average molecular weight is 473 g/mol. The number of H-pyrrole nitrogens is 1. The summed E-state index contributed by atoms with van der Waals surface area (Å²) in [7, 11) is 5.85. The number of nitrogens with one attached hydrogen (secondary N) is 1. The lowest BCUT2D eigenvalue weighted by Crippen LogP contribution is -2.44. The van der Waals surface area contributed by atoms with Gasteiger partial charge < -0.3 is 24.2 Å². The minimum Gasteiger partial charge on any atom is -0.495 e. The number of methoxy groups -OCH3 is 1. The molecule has 0 bridgehead atoms. The summed E-state index contributed by atoms with van der Waals surface area (Å²) >= 11 is 0. The molecular formula is C26H28N6O3. The van der Waals surface area contributed by atoms with Crippen molar-refractivity contribution in [2.75, 3.05) is 57.2 Å². The number of hydrogen-bond acceptors (Lipinski definition) is 8. The van der Waals surface area contributed by atoms with Crippen LogP contribution in [-0.2, 0) is 0 Å². The van der Waals surface area contributed by atoms with E-state index in [1.54, 1.807) is 25.6 Å². The second-order valence-electron chi connectivity index (χ2n) is 8.57. The van der Waals surface area contributed by atoms with Gasteiger partial charge in [-0.25, -0.2) is 0 Å². The highest BCUT2D eigenvalue weighted by Crippen LogP contribution is 2.37. The van der Waals surface area contributed by atoms with E-state index in [4.69, 9.17) is 9.47 Å². The highest BCUT2D eigenvalue weighted by atomic mass is 16.5. The molecule has 0 atom stereocenters. The molecule has 0 radical (unpaired) electrons. The standard InChI is InChI=1S/C26H28N6O3/c1-30-12-14-32(15-13-30)19-6-9-24(34-3)23(16-19)31(2)18-4-7-20(8-5-18)35-26-28-22-17-27-11-10-21(22)25(33)29-26/h4-11,16-17H,12-15H2,1-3H3,(H,28,29,33). The molecule has 0 aliphatic carbocycles. The number of rotatable bonds is 6. The van der Waals surface area contributed by atoms with Gasteiger partial charge in [-0.1, -0.05) is 0 Å². The van der Waals surface area contributed by atoms with Crippen LogP contribution in [0.1, 0.15) is 0 Å². The number of hydrogen-bond donors (Lipinski definition) is 1. The van der Waals surface area contributed by atoms with Crippen LogP contribution in [0.25, 0.3) is 10.9 Å². The topological polar surface area (TPSA) is 86.8 Å². The van der Waals surface area contributed by atoms with Gasteiger partial charge in [0.1, 0.15) is 11.5 Å². The van der Waals surface area contributed by atoms with Crippen molar-refractivity contribution in [3.8, 4) is 17.5 Å². The van der Waals surface area contributed by atoms with E-state index in [2.05, 4.69) is 48.8 Å². The van der Waals surface area contributed by atoms with Gasteiger partial charge in [-0.15, -0.1) is 0 Å². The van der Waals surface area contributed by atoms with Crippen molar-refractivity contribution in [2.24, 2.45) is 0 Å². The molecule has 3 heterocycles. The fourth-order valence-electron chi connectivity index (χ4n) is 4.21. The lowest BCUT2D eigenvalue weighted by Gasteiger charge is -2.35. The van der Waals surface area contributed by atoms with Crippen LogP contribution in [0, 0.1) is 0 Å². The average Bonchev–Trinajstić information content (AvgIpc) is 2.89. The van der Waals surface area contributed by atoms with Gasteiger partial charge >= 0.3 is 6.01 Å². The highest BCUT2D eigenvalue weighted by Gasteiger charge is 2.18. The first-order valence-electron chi connectivity index (χ1n) is 11.5. The summed E-state index contributed by atoms with van der Waals surface area (Å²) in [5.74, 6) is 1.36. The predicted octanol–water partition coefficient (Wildman–Crippen LogP) is 3.64. The number of fused-ring (bicyclic) bond motifs is 1. The van der Waals surface area contributed by atoms with E-state index in [0.29, 0.717) is 16.7 Å². The number of ether oxygens (including phenoxy) is 2. The Hall–Kier alpha value is -4.11. The van der Waals surface area contributed by atoms with Gasteiger partial charge in [-0.3, -0.25) is 14.8 Å². The van der Waals surface area contributed by atoms with E-state index >= 15 is 0 Å². The van der Waals surface area contributed by atoms with Crippen LogP contribution in [0.4, 0.5) is 17.1 Å². The van der Waals surface area contributed by atoms with E-state index in [9.17, 15) is 4.79 Å². The Morgan fingerprint density at radius 3 is 2.54 bits per heavy atom. The second-order valence-corrected chi connectivity index (χ2v) is 8.57. The summed E-state index contributed by atoms with van der Waals surface area (Å²) < 4.78 is 11.5. The summed E-state index contributed by atoms with van der Waals surface area (Å²) in [6.07, 6.45) is 3.10. The van der Waals surface area contributed by atoms with Gasteiger partial charge in [0.05, 0.1) is 29.9 Å². The van der Waals surface area contributed by atoms with E-state index in [1.165, 1.54) is 5.69 Å². The Labute approximate surface area is 203 Å². The van der Waals surface area contributed by atoms with E-state index in [-0.39, 0.29) is 11.6 Å². The van der Waals surface area contributed by atoms with Gasteiger partial charge in [0, 0.05) is 50.8 Å². The van der Waals surface area contributed by atoms with Crippen LogP contribution < -0.4 is 24.8 Å². The molecule has 1 fully saturated rings. The molecular weight excluding hydrogens is 444 g/mol. The fraction of sp³-hybridized carbons (Fsp3) is 0.269. The maximum absolute atomic E-state index is 12.3. The molecule has 1 saturated heterocycles. The zero-order chi connectivity index (χ0) is 24.4. The minimum atomic E-state index is -0.268. The molecule has 180 valence electrons. The molecule has 5 rings (SSSR count). The van der Waals surface area contributed by atoms with Crippen molar-refractivity contribution in [1.29, 1.82) is 0 Å². The Balaban J connectivity index is 1.36. The quantitative estimate of drug-likeness (QED) is 0.455. The Bertz CT molecular complexity index is 1380. The molecule has 1 aliphatic rings. The van der Waals surface area contributed by atoms with Crippen molar-refractivity contribution in [2.45, 2.75) is 0 Å². The van der Waals surface area contributed by atoms with E-state index in [0.717, 1.165) is 43.3 Å². The van der Waals surface area contributed by atoms with Gasteiger partial charge in [-0.2, -0.15) is 4.98 Å². The third-order valence-corrected chi connectivity index (χ3v) is 6.32. The molecule has 1 N–H and O–H groups in total. The molecule has 35 heavy (non-hydrogen) atoms. The van der Waals surface area contributed by atoms with Crippen molar-refractivity contribution in [1.82, 2.24) is 19.9 Å². The van der Waals surface area contributed by atoms with E-state index in [1.807, 2.05) is 37.4 Å². The third kappa shape index (κ3) is 4.76. The normalized spacial score (nSPS) is 14.2. The number of pyridine rings is 1. The molecule has 2 aromatic carbocycles. The number of anilines is 3. The predicted molar refractivity (Wildman–Crippen MR) is 137 cm³/mol. The lowest BCUT2D eigenvalue weighted by molar-refractivity contribution is 0.313. The summed E-state index contributed by atoms with van der Waals surface area (Å²) in [6.45, 7) is 4.09. The number of aromatic amines is 1. The Kier molecular flexibility index (Phi) is 6.24. The number of nitrogens with zero attached hydrogens (tertiary/aromatic N) is 5. The monoisotopic (exact) mass is 472 g/mol. The van der Waals surface area contributed by atoms with Crippen LogP contribution in [0.3, 0.4) is 0 Å². The largest absolute Gasteiger partial charge is 0.495 e. The zero-order valence-corrected chi connectivity index (χ0v) is 20.1. The first kappa shape index (κ1) is 22.7. The summed E-state index contributed by atoms with van der Waals surface area (Å²) in [5, 5.41) is 0.470. The fourth-order valence-corrected chi connectivity index (χ4v) is 4.21. The van der Waals surface area contributed by atoms with Crippen LogP contribution >= 0.6 is 0 Å². The SMILES string of the molecule is COc1ccc(N2CCN(C)CC2)cc1N(C)c1ccc(Oc2nc3cnccc3c(=O)[nH]2)cc1. The first-order chi connectivity index (χ1) is 17.0. The second kappa shape index (κ2) is 9.63. The van der Waals surface area contributed by atoms with Crippen LogP contribution in [0.2, 0.25) is 0 Å². The van der Waals surface area contributed by atoms with Crippen molar-refractivity contribution in [3.05, 3.63) is 71.3 Å². The molecule has 4 aromatic rings. The zero-order valence-electron chi connectivity index (χ0n) is 20.1. The smallest absolute Gasteiger partial charge is 0.302 e. The molecule has 9 heteroatoms. The maximum Gasteiger partial charge on any atom is 0.302 e. The molecule has 1 aliphatic heterocycles. The third-order valence-electron chi connectivity index (χ3n) is 6.32. The highest BCUT2D eigenvalue weighted by molar-refractivity contribution is 5.76. The number of piperazine rings is 1. The summed E-state index contributed by atoms with van der Waals surface area (Å²) in [6, 6.07) is 15.7. The number of benzene rings is 2. The van der Waals surface area contributed by atoms with Crippen LogP contribution in [-0.4, -0.2) is 67.2 Å². The van der Waals surface area contributed by atoms with Crippen molar-refractivity contribution in [3.63, 3.8) is 0 Å². The molecule has 0 saturated carbocycles. The molecule has 0 unspecified atom stereocenters. The number of aromatic nitrogens is 3. The lowest BCUT2D eigenvalue weighted by atomic mass is 10.2. The summed E-state index contributed by atoms with van der Waals surface area (Å²) in [5.41, 5.74) is 3.34. The van der Waals surface area contributed by atoms with Gasteiger partial charge in [0.25, 0.3) is 5.56 Å². The van der Waals surface area contributed by atoms with Crippen molar-refractivity contribution < 1.29 is 9.47 Å². The van der Waals surface area contributed by atoms with Gasteiger partial charge in [-0.05, 0) is 55.6 Å². The molecule has 2 aromatic heterocycles. The number of likely N-dealkylation sites (N-methyl/N-ethyl adjacent to an activating group) is 1. The van der Waals surface area contributed by atoms with Gasteiger partial charge in [0.15, 0.2) is 0 Å². The minimum absolute atomic E-state index is 0.123.